The van der Waals surface area contributed by atoms with Crippen LogP contribution in [0, 0.1) is 11.3 Å². The zero-order chi connectivity index (χ0) is 7.35. The van der Waals surface area contributed by atoms with Gasteiger partial charge in [0.05, 0.1) is 0 Å². The molecule has 1 heteroatoms. The van der Waals surface area contributed by atoms with Crippen molar-refractivity contribution >= 4 is 0 Å². The van der Waals surface area contributed by atoms with Crippen molar-refractivity contribution in [2.45, 2.75) is 40.0 Å². The fraction of sp³-hybridized carbons (Fsp3) is 0.800. The SMILES string of the molecule is CC1=C2CC(CC1)C2(C)C.[Hf]. The van der Waals surface area contributed by atoms with Crippen LogP contribution in [0.1, 0.15) is 40.0 Å². The molecule has 2 bridgehead atoms. The number of rotatable bonds is 0. The van der Waals surface area contributed by atoms with Crippen LogP contribution in [0.4, 0.5) is 0 Å². The zero-order valence-electron chi connectivity index (χ0n) is 7.70. The number of hydrogen-bond donors (Lipinski definition) is 0. The topological polar surface area (TPSA) is 0 Å². The molecule has 0 aromatic carbocycles. The molecule has 1 atom stereocenters. The van der Waals surface area contributed by atoms with Crippen LogP contribution in [0.25, 0.3) is 0 Å². The second-order valence-electron chi connectivity index (χ2n) is 4.42. The van der Waals surface area contributed by atoms with Gasteiger partial charge >= 0.3 is 0 Å². The van der Waals surface area contributed by atoms with Crippen molar-refractivity contribution in [2.24, 2.45) is 11.3 Å². The molecule has 0 heterocycles. The second kappa shape index (κ2) is 2.83. The van der Waals surface area contributed by atoms with Crippen molar-refractivity contribution in [3.63, 3.8) is 0 Å². The van der Waals surface area contributed by atoms with Crippen LogP contribution in [0.15, 0.2) is 11.1 Å². The van der Waals surface area contributed by atoms with Gasteiger partial charge in [0.25, 0.3) is 0 Å². The molecule has 1 unspecified atom stereocenters. The monoisotopic (exact) mass is 316 g/mol. The molecule has 0 nitrogen and oxygen atoms in total. The Hall–Kier alpha value is 0.610. The number of allylic oxidation sites excluding steroid dienone is 2. The predicted molar refractivity (Wildman–Crippen MR) is 43.8 cm³/mol. The fourth-order valence-corrected chi connectivity index (χ4v) is 2.61. The average Bonchev–Trinajstić information content (AvgIpc) is 1.87. The Kier molecular flexibility index (Phi) is 2.49. The summed E-state index contributed by atoms with van der Waals surface area (Å²) in [6.45, 7) is 7.12. The maximum absolute atomic E-state index is 2.40. The van der Waals surface area contributed by atoms with Crippen LogP contribution in [-0.2, 0) is 25.8 Å². The molecule has 1 saturated carbocycles. The Morgan fingerprint density at radius 2 is 2.00 bits per heavy atom. The van der Waals surface area contributed by atoms with Crippen molar-refractivity contribution in [1.82, 2.24) is 0 Å². The molecular weight excluding hydrogens is 299 g/mol. The fourth-order valence-electron chi connectivity index (χ4n) is 2.61. The Bertz CT molecular complexity index is 201. The molecule has 0 aliphatic heterocycles. The largest absolute Gasteiger partial charge is 0.0735 e. The predicted octanol–water partition coefficient (Wildman–Crippen LogP) is 3.14. The van der Waals surface area contributed by atoms with E-state index in [1.54, 1.807) is 11.1 Å². The van der Waals surface area contributed by atoms with E-state index >= 15 is 0 Å². The molecule has 0 aromatic rings. The van der Waals surface area contributed by atoms with E-state index in [0.717, 1.165) is 5.92 Å². The molecule has 60 valence electrons. The Balaban J connectivity index is 0.000000605. The van der Waals surface area contributed by atoms with Gasteiger partial charge < -0.3 is 0 Å². The normalized spacial score (nSPS) is 32.5. The third kappa shape index (κ3) is 1.20. The maximum atomic E-state index is 2.40. The van der Waals surface area contributed by atoms with Gasteiger partial charge in [0, 0.05) is 25.8 Å². The van der Waals surface area contributed by atoms with Gasteiger partial charge in [0.2, 0.25) is 0 Å². The second-order valence-corrected chi connectivity index (χ2v) is 4.42. The van der Waals surface area contributed by atoms with Gasteiger partial charge in [-0.1, -0.05) is 25.0 Å². The van der Waals surface area contributed by atoms with Gasteiger partial charge in [-0.25, -0.2) is 0 Å². The Morgan fingerprint density at radius 1 is 1.36 bits per heavy atom. The molecule has 0 saturated heterocycles. The quantitative estimate of drug-likeness (QED) is 0.476. The zero-order valence-corrected chi connectivity index (χ0v) is 11.3. The summed E-state index contributed by atoms with van der Waals surface area (Å²) in [5.41, 5.74) is 4.04. The first-order valence-electron chi connectivity index (χ1n) is 4.31. The first-order valence-corrected chi connectivity index (χ1v) is 4.31. The van der Waals surface area contributed by atoms with Crippen molar-refractivity contribution in [1.29, 1.82) is 0 Å². The summed E-state index contributed by atoms with van der Waals surface area (Å²) in [4.78, 5) is 0. The van der Waals surface area contributed by atoms with E-state index in [1.807, 2.05) is 0 Å². The van der Waals surface area contributed by atoms with E-state index in [9.17, 15) is 0 Å². The molecular formula is C10H16Hf. The summed E-state index contributed by atoms with van der Waals surface area (Å²) >= 11 is 0. The van der Waals surface area contributed by atoms with Crippen LogP contribution in [0.5, 0.6) is 0 Å². The van der Waals surface area contributed by atoms with Gasteiger partial charge in [-0.05, 0) is 37.5 Å². The van der Waals surface area contributed by atoms with Crippen LogP contribution in [0.3, 0.4) is 0 Å². The van der Waals surface area contributed by atoms with E-state index < -0.39 is 0 Å². The summed E-state index contributed by atoms with van der Waals surface area (Å²) in [6, 6.07) is 0. The Labute approximate surface area is 88.2 Å². The number of hydrogen-bond acceptors (Lipinski definition) is 0. The van der Waals surface area contributed by atoms with Crippen LogP contribution in [-0.4, -0.2) is 0 Å². The standard InChI is InChI=1S/C10H16.Hf/c1-7-4-5-8-6-9(7)10(8,2)3;/h8H,4-6H2,1-3H3;. The summed E-state index contributed by atoms with van der Waals surface area (Å²) in [5, 5.41) is 0. The van der Waals surface area contributed by atoms with Crippen molar-refractivity contribution in [2.75, 3.05) is 0 Å². The van der Waals surface area contributed by atoms with E-state index in [2.05, 4.69) is 20.8 Å². The summed E-state index contributed by atoms with van der Waals surface area (Å²) in [7, 11) is 0. The average molecular weight is 315 g/mol. The van der Waals surface area contributed by atoms with Crippen molar-refractivity contribution in [3.05, 3.63) is 11.1 Å². The van der Waals surface area contributed by atoms with Gasteiger partial charge in [-0.3, -0.25) is 0 Å². The van der Waals surface area contributed by atoms with E-state index in [1.165, 1.54) is 19.3 Å². The third-order valence-corrected chi connectivity index (χ3v) is 3.63. The van der Waals surface area contributed by atoms with Crippen molar-refractivity contribution < 1.29 is 25.8 Å². The summed E-state index contributed by atoms with van der Waals surface area (Å²) in [6.07, 6.45) is 4.24. The Morgan fingerprint density at radius 3 is 2.27 bits per heavy atom. The van der Waals surface area contributed by atoms with Gasteiger partial charge in [-0.2, -0.15) is 0 Å². The van der Waals surface area contributed by atoms with E-state index in [0.29, 0.717) is 5.41 Å². The number of fused-ring (bicyclic) bond motifs is 2. The molecule has 3 rings (SSSR count). The molecule has 0 aromatic heterocycles. The molecule has 0 spiro atoms. The molecule has 0 amide bonds. The molecule has 1 fully saturated rings. The third-order valence-electron chi connectivity index (χ3n) is 3.63. The summed E-state index contributed by atoms with van der Waals surface area (Å²) < 4.78 is 0. The minimum Gasteiger partial charge on any atom is -0.0735 e. The van der Waals surface area contributed by atoms with Crippen molar-refractivity contribution in [3.8, 4) is 0 Å². The molecule has 11 heavy (non-hydrogen) atoms. The summed E-state index contributed by atoms with van der Waals surface area (Å²) in [5.74, 6) is 1.02. The minimum atomic E-state index is 0. The molecule has 3 aliphatic rings. The minimum absolute atomic E-state index is 0. The molecule has 0 radical (unpaired) electrons. The van der Waals surface area contributed by atoms with E-state index in [4.69, 9.17) is 0 Å². The molecule has 0 N–H and O–H groups in total. The first-order chi connectivity index (χ1) is 4.62. The van der Waals surface area contributed by atoms with Gasteiger partial charge in [0.15, 0.2) is 0 Å². The van der Waals surface area contributed by atoms with E-state index in [-0.39, 0.29) is 25.8 Å². The van der Waals surface area contributed by atoms with Gasteiger partial charge in [0.1, 0.15) is 0 Å². The smallest absolute Gasteiger partial charge is 0 e. The first kappa shape index (κ1) is 9.70. The van der Waals surface area contributed by atoms with Crippen LogP contribution >= 0.6 is 0 Å². The van der Waals surface area contributed by atoms with Crippen LogP contribution < -0.4 is 0 Å². The molecule has 3 aliphatic carbocycles. The van der Waals surface area contributed by atoms with Gasteiger partial charge in [-0.15, -0.1) is 0 Å². The van der Waals surface area contributed by atoms with Crippen LogP contribution in [0.2, 0.25) is 0 Å². The maximum Gasteiger partial charge on any atom is 0 e.